The molecule has 4 N–H and O–H groups in total. The van der Waals surface area contributed by atoms with Crippen LogP contribution in [0.3, 0.4) is 0 Å². The second kappa shape index (κ2) is 7.65. The normalized spacial score (nSPS) is 10.3. The largest absolute Gasteiger partial charge is 0.465 e. The van der Waals surface area contributed by atoms with E-state index in [1.165, 1.54) is 13.4 Å². The summed E-state index contributed by atoms with van der Waals surface area (Å²) in [5, 5.41) is 5.62. The number of methoxy groups -OCH3 is 1. The summed E-state index contributed by atoms with van der Waals surface area (Å²) in [5.74, 6) is -1.33. The SMILES string of the molecule is COC(=O)c1ccc(Nc2ncnc(Nc3cc(F)ccc3F)c2N)cc1. The molecule has 0 aliphatic rings. The molecule has 2 aromatic carbocycles. The number of anilines is 5. The predicted molar refractivity (Wildman–Crippen MR) is 97.1 cm³/mol. The lowest BCUT2D eigenvalue weighted by Gasteiger charge is -2.13. The number of esters is 1. The lowest BCUT2D eigenvalue weighted by Crippen LogP contribution is -2.06. The highest BCUT2D eigenvalue weighted by Gasteiger charge is 2.12. The third-order valence-electron chi connectivity index (χ3n) is 3.63. The number of carbonyl (C=O) groups is 1. The van der Waals surface area contributed by atoms with E-state index in [1.54, 1.807) is 24.3 Å². The quantitative estimate of drug-likeness (QED) is 0.589. The van der Waals surface area contributed by atoms with Crippen LogP contribution < -0.4 is 16.4 Å². The lowest BCUT2D eigenvalue weighted by atomic mass is 10.2. The van der Waals surface area contributed by atoms with Crippen LogP contribution in [0.25, 0.3) is 0 Å². The number of rotatable bonds is 5. The van der Waals surface area contributed by atoms with Crippen LogP contribution in [-0.2, 0) is 4.74 Å². The van der Waals surface area contributed by atoms with Gasteiger partial charge in [-0.25, -0.2) is 23.5 Å². The van der Waals surface area contributed by atoms with E-state index >= 15 is 0 Å². The maximum absolute atomic E-state index is 13.8. The fraction of sp³-hybridized carbons (Fsp3) is 0.0556. The molecule has 0 amide bonds. The fourth-order valence-electron chi connectivity index (χ4n) is 2.26. The Balaban J connectivity index is 1.82. The van der Waals surface area contributed by atoms with Gasteiger partial charge in [-0.2, -0.15) is 0 Å². The van der Waals surface area contributed by atoms with Gasteiger partial charge in [0.2, 0.25) is 0 Å². The molecule has 3 rings (SSSR count). The van der Waals surface area contributed by atoms with Crippen LogP contribution in [-0.4, -0.2) is 23.0 Å². The van der Waals surface area contributed by atoms with Crippen molar-refractivity contribution in [1.29, 1.82) is 0 Å². The Morgan fingerprint density at radius 3 is 2.37 bits per heavy atom. The van der Waals surface area contributed by atoms with Crippen molar-refractivity contribution < 1.29 is 18.3 Å². The monoisotopic (exact) mass is 371 g/mol. The number of hydrogen-bond donors (Lipinski definition) is 3. The maximum atomic E-state index is 13.8. The highest BCUT2D eigenvalue weighted by atomic mass is 19.1. The van der Waals surface area contributed by atoms with Crippen molar-refractivity contribution in [1.82, 2.24) is 9.97 Å². The van der Waals surface area contributed by atoms with Gasteiger partial charge in [-0.1, -0.05) is 0 Å². The van der Waals surface area contributed by atoms with Gasteiger partial charge in [-0.3, -0.25) is 0 Å². The van der Waals surface area contributed by atoms with Crippen LogP contribution in [0.4, 0.5) is 37.5 Å². The molecule has 7 nitrogen and oxygen atoms in total. The summed E-state index contributed by atoms with van der Waals surface area (Å²) in [5.41, 5.74) is 7.03. The minimum absolute atomic E-state index is 0.103. The van der Waals surface area contributed by atoms with Gasteiger partial charge in [0, 0.05) is 11.8 Å². The number of benzene rings is 2. The number of ether oxygens (including phenoxy) is 1. The highest BCUT2D eigenvalue weighted by Crippen LogP contribution is 2.29. The highest BCUT2D eigenvalue weighted by molar-refractivity contribution is 5.90. The van der Waals surface area contributed by atoms with E-state index in [-0.39, 0.29) is 23.0 Å². The van der Waals surface area contributed by atoms with E-state index in [0.29, 0.717) is 11.3 Å². The molecule has 3 aromatic rings. The third-order valence-corrected chi connectivity index (χ3v) is 3.63. The Morgan fingerprint density at radius 2 is 1.70 bits per heavy atom. The number of nitrogens with two attached hydrogens (primary N) is 1. The maximum Gasteiger partial charge on any atom is 0.337 e. The van der Waals surface area contributed by atoms with Crippen LogP contribution in [0.2, 0.25) is 0 Å². The van der Waals surface area contributed by atoms with Crippen molar-refractivity contribution in [3.8, 4) is 0 Å². The van der Waals surface area contributed by atoms with Crippen LogP contribution >= 0.6 is 0 Å². The molecule has 1 heterocycles. The minimum atomic E-state index is -0.651. The van der Waals surface area contributed by atoms with Crippen LogP contribution in [0.15, 0.2) is 48.8 Å². The van der Waals surface area contributed by atoms with Gasteiger partial charge in [-0.05, 0) is 36.4 Å². The van der Waals surface area contributed by atoms with Crippen molar-refractivity contribution >= 4 is 34.7 Å². The topological polar surface area (TPSA) is 102 Å². The molecule has 0 saturated carbocycles. The Morgan fingerprint density at radius 1 is 1.04 bits per heavy atom. The Labute approximate surface area is 153 Å². The molecule has 1 aromatic heterocycles. The molecule has 0 aliphatic heterocycles. The average Bonchev–Trinajstić information content (AvgIpc) is 2.67. The van der Waals surface area contributed by atoms with Gasteiger partial charge >= 0.3 is 5.97 Å². The molecule has 0 bridgehead atoms. The van der Waals surface area contributed by atoms with Crippen LogP contribution in [0, 0.1) is 11.6 Å². The zero-order valence-corrected chi connectivity index (χ0v) is 14.2. The van der Waals surface area contributed by atoms with E-state index in [2.05, 4.69) is 25.3 Å². The summed E-state index contributed by atoms with van der Waals surface area (Å²) in [4.78, 5) is 19.5. The Bertz CT molecular complexity index is 980. The van der Waals surface area contributed by atoms with E-state index in [0.717, 1.165) is 18.2 Å². The standard InChI is InChI=1S/C18H15F2N5O2/c1-27-18(26)10-2-5-12(6-3-10)24-16-15(21)17(23-9-22-16)25-14-8-11(19)4-7-13(14)20/h2-9H,21H2,1H3,(H2,22,23,24,25). The van der Waals surface area contributed by atoms with Gasteiger partial charge in [0.25, 0.3) is 0 Å². The molecular formula is C18H15F2N5O2. The van der Waals surface area contributed by atoms with Crippen molar-refractivity contribution in [2.45, 2.75) is 0 Å². The molecule has 0 radical (unpaired) electrons. The Hall–Kier alpha value is -3.75. The van der Waals surface area contributed by atoms with E-state index in [4.69, 9.17) is 5.73 Å². The van der Waals surface area contributed by atoms with E-state index in [1.807, 2.05) is 0 Å². The number of nitrogens with zero attached hydrogens (tertiary/aromatic N) is 2. The van der Waals surface area contributed by atoms with Crippen molar-refractivity contribution in [2.24, 2.45) is 0 Å². The van der Waals surface area contributed by atoms with Gasteiger partial charge in [0.05, 0.1) is 18.4 Å². The number of halogens is 2. The van der Waals surface area contributed by atoms with Gasteiger partial charge in [-0.15, -0.1) is 0 Å². The van der Waals surface area contributed by atoms with Gasteiger partial charge in [0.15, 0.2) is 11.6 Å². The summed E-state index contributed by atoms with van der Waals surface area (Å²) in [6.07, 6.45) is 1.22. The zero-order chi connectivity index (χ0) is 19.4. The average molecular weight is 371 g/mol. The summed E-state index contributed by atoms with van der Waals surface area (Å²) >= 11 is 0. The fourth-order valence-corrected chi connectivity index (χ4v) is 2.26. The van der Waals surface area contributed by atoms with Gasteiger partial charge < -0.3 is 21.1 Å². The van der Waals surface area contributed by atoms with Crippen molar-refractivity contribution in [2.75, 3.05) is 23.5 Å². The molecule has 0 saturated heterocycles. The van der Waals surface area contributed by atoms with Crippen molar-refractivity contribution in [3.63, 3.8) is 0 Å². The van der Waals surface area contributed by atoms with Crippen LogP contribution in [0.5, 0.6) is 0 Å². The van der Waals surface area contributed by atoms with Crippen molar-refractivity contribution in [3.05, 3.63) is 66.0 Å². The second-order valence-electron chi connectivity index (χ2n) is 5.43. The molecule has 0 fully saturated rings. The number of carbonyl (C=O) groups excluding carboxylic acids is 1. The molecule has 0 atom stereocenters. The lowest BCUT2D eigenvalue weighted by molar-refractivity contribution is 0.0601. The minimum Gasteiger partial charge on any atom is -0.465 e. The summed E-state index contributed by atoms with van der Waals surface area (Å²) in [7, 11) is 1.30. The molecule has 138 valence electrons. The number of nitrogens with one attached hydrogen (secondary N) is 2. The first-order chi connectivity index (χ1) is 13.0. The van der Waals surface area contributed by atoms with E-state index in [9.17, 15) is 13.6 Å². The van der Waals surface area contributed by atoms with Crippen LogP contribution in [0.1, 0.15) is 10.4 Å². The third kappa shape index (κ3) is 4.09. The molecule has 9 heteroatoms. The molecular weight excluding hydrogens is 356 g/mol. The molecule has 27 heavy (non-hydrogen) atoms. The number of nitrogen functional groups attached to an aromatic ring is 1. The van der Waals surface area contributed by atoms with Gasteiger partial charge in [0.1, 0.15) is 23.6 Å². The summed E-state index contributed by atoms with van der Waals surface area (Å²) < 4.78 is 31.8. The first-order valence-corrected chi connectivity index (χ1v) is 7.76. The first kappa shape index (κ1) is 18.1. The molecule has 0 unspecified atom stereocenters. The smallest absolute Gasteiger partial charge is 0.337 e. The number of hydrogen-bond acceptors (Lipinski definition) is 7. The zero-order valence-electron chi connectivity index (χ0n) is 14.2. The Kier molecular flexibility index (Phi) is 5.11. The molecule has 0 spiro atoms. The predicted octanol–water partition coefficient (Wildman–Crippen LogP) is 3.61. The van der Waals surface area contributed by atoms with E-state index < -0.39 is 17.6 Å². The second-order valence-corrected chi connectivity index (χ2v) is 5.43. The summed E-state index contributed by atoms with van der Waals surface area (Å²) in [6, 6.07) is 9.45. The molecule has 0 aliphatic carbocycles. The number of aromatic nitrogens is 2. The summed E-state index contributed by atoms with van der Waals surface area (Å²) in [6.45, 7) is 0. The first-order valence-electron chi connectivity index (χ1n) is 7.76.